The van der Waals surface area contributed by atoms with Crippen molar-refractivity contribution in [1.82, 2.24) is 10.2 Å². The molecule has 0 saturated carbocycles. The number of amides is 1. The van der Waals surface area contributed by atoms with Crippen LogP contribution in [0.3, 0.4) is 0 Å². The van der Waals surface area contributed by atoms with Crippen LogP contribution in [0.25, 0.3) is 0 Å². The highest BCUT2D eigenvalue weighted by molar-refractivity contribution is 5.92. The van der Waals surface area contributed by atoms with Crippen LogP contribution in [0.1, 0.15) is 48.1 Å². The molecule has 0 radical (unpaired) electrons. The average molecular weight is 355 g/mol. The largest absolute Gasteiger partial charge is 0.481 e. The molecule has 0 saturated heterocycles. The maximum atomic E-state index is 11.9. The van der Waals surface area contributed by atoms with Crippen molar-refractivity contribution in [3.05, 3.63) is 57.0 Å². The minimum atomic E-state index is -0.997. The molecule has 3 rings (SSSR count). The molecule has 0 atom stereocenters. The first-order valence-electron chi connectivity index (χ1n) is 8.73. The van der Waals surface area contributed by atoms with Gasteiger partial charge in [-0.15, -0.1) is 0 Å². The smallest absolute Gasteiger partial charge is 0.303 e. The van der Waals surface area contributed by atoms with E-state index in [4.69, 9.17) is 5.11 Å². The molecule has 2 aromatic rings. The van der Waals surface area contributed by atoms with E-state index in [2.05, 4.69) is 15.5 Å². The zero-order valence-corrected chi connectivity index (χ0v) is 14.4. The highest BCUT2D eigenvalue weighted by atomic mass is 16.4. The van der Waals surface area contributed by atoms with Gasteiger partial charge in [-0.1, -0.05) is 12.1 Å². The van der Waals surface area contributed by atoms with Crippen molar-refractivity contribution in [2.75, 3.05) is 5.32 Å². The predicted octanol–water partition coefficient (Wildman–Crippen LogP) is 2.04. The molecule has 0 unspecified atom stereocenters. The Morgan fingerprint density at radius 3 is 2.69 bits per heavy atom. The Hall–Kier alpha value is -2.96. The van der Waals surface area contributed by atoms with E-state index in [1.165, 1.54) is 0 Å². The van der Waals surface area contributed by atoms with Crippen molar-refractivity contribution in [2.24, 2.45) is 0 Å². The number of hydrogen-bond donors (Lipinski definition) is 3. The summed E-state index contributed by atoms with van der Waals surface area (Å²) in [6.45, 7) is 0. The lowest BCUT2D eigenvalue weighted by molar-refractivity contribution is -0.138. The normalized spacial score (nSPS) is 13.1. The van der Waals surface area contributed by atoms with Gasteiger partial charge in [0.15, 0.2) is 0 Å². The van der Waals surface area contributed by atoms with Gasteiger partial charge in [-0.25, -0.2) is 5.10 Å². The van der Waals surface area contributed by atoms with Crippen LogP contribution < -0.4 is 10.9 Å². The minimum absolute atomic E-state index is 0.0610. The predicted molar refractivity (Wildman–Crippen MR) is 96.2 cm³/mol. The number of aliphatic carboxylic acids is 1. The second kappa shape index (κ2) is 7.95. The summed E-state index contributed by atoms with van der Waals surface area (Å²) >= 11 is 0. The third-order valence-electron chi connectivity index (χ3n) is 4.53. The Bertz CT molecular complexity index is 889. The molecule has 0 aliphatic heterocycles. The van der Waals surface area contributed by atoms with Crippen LogP contribution >= 0.6 is 0 Å². The molecular weight excluding hydrogens is 334 g/mol. The number of aromatic amines is 1. The fourth-order valence-corrected chi connectivity index (χ4v) is 3.27. The van der Waals surface area contributed by atoms with Gasteiger partial charge in [0.25, 0.3) is 5.56 Å². The third kappa shape index (κ3) is 4.36. The molecule has 1 heterocycles. The van der Waals surface area contributed by atoms with E-state index in [-0.39, 0.29) is 24.3 Å². The Kier molecular flexibility index (Phi) is 5.46. The van der Waals surface area contributed by atoms with Crippen molar-refractivity contribution < 1.29 is 14.7 Å². The van der Waals surface area contributed by atoms with Gasteiger partial charge in [-0.2, -0.15) is 5.10 Å². The number of anilines is 1. The summed E-state index contributed by atoms with van der Waals surface area (Å²) in [4.78, 5) is 34.3. The van der Waals surface area contributed by atoms with Gasteiger partial charge in [0.05, 0.1) is 12.1 Å². The Balaban J connectivity index is 1.74. The van der Waals surface area contributed by atoms with Gasteiger partial charge < -0.3 is 10.4 Å². The third-order valence-corrected chi connectivity index (χ3v) is 4.53. The molecule has 1 aliphatic carbocycles. The van der Waals surface area contributed by atoms with Crippen molar-refractivity contribution in [2.45, 2.75) is 44.9 Å². The molecular formula is C19H21N3O4. The summed E-state index contributed by atoms with van der Waals surface area (Å²) in [7, 11) is 0. The van der Waals surface area contributed by atoms with Crippen LogP contribution in [0.2, 0.25) is 0 Å². The summed E-state index contributed by atoms with van der Waals surface area (Å²) in [5.41, 5.74) is 4.26. The number of H-pyrrole nitrogens is 1. The van der Waals surface area contributed by atoms with E-state index in [0.29, 0.717) is 12.1 Å². The molecule has 0 bridgehead atoms. The van der Waals surface area contributed by atoms with E-state index in [1.807, 2.05) is 18.2 Å². The minimum Gasteiger partial charge on any atom is -0.481 e. The highest BCUT2D eigenvalue weighted by Crippen LogP contribution is 2.22. The van der Waals surface area contributed by atoms with Gasteiger partial charge in [0.1, 0.15) is 0 Å². The fourth-order valence-electron chi connectivity index (χ4n) is 3.27. The number of benzene rings is 1. The topological polar surface area (TPSA) is 112 Å². The number of nitrogens with one attached hydrogen (secondary N) is 2. The number of carbonyl (C=O) groups is 2. The maximum Gasteiger partial charge on any atom is 0.303 e. The summed E-state index contributed by atoms with van der Waals surface area (Å²) in [5.74, 6) is -1.33. The first-order valence-corrected chi connectivity index (χ1v) is 8.73. The van der Waals surface area contributed by atoms with Gasteiger partial charge in [0.2, 0.25) is 5.91 Å². The zero-order chi connectivity index (χ0) is 18.5. The van der Waals surface area contributed by atoms with Crippen LogP contribution in [-0.2, 0) is 28.9 Å². The SMILES string of the molecule is O=C(O)CCC(=O)Nc1cccc(Cc2n[nH]c(=O)c3c2CCCC3)c1. The standard InChI is InChI=1S/C19H21N3O4/c23-17(8-9-18(24)25)20-13-5-3-4-12(10-13)11-16-14-6-1-2-7-15(14)19(26)22-21-16/h3-5,10H,1-2,6-9,11H2,(H,20,23)(H,22,26)(H,24,25). The van der Waals surface area contributed by atoms with Crippen molar-refractivity contribution >= 4 is 17.6 Å². The van der Waals surface area contributed by atoms with Gasteiger partial charge in [-0.05, 0) is 48.9 Å². The fraction of sp³-hybridized carbons (Fsp3) is 0.368. The molecule has 0 spiro atoms. The van der Waals surface area contributed by atoms with E-state index >= 15 is 0 Å². The number of carbonyl (C=O) groups excluding carboxylic acids is 1. The summed E-state index contributed by atoms with van der Waals surface area (Å²) in [6, 6.07) is 7.38. The number of hydrogen-bond acceptors (Lipinski definition) is 4. The molecule has 1 aromatic carbocycles. The van der Waals surface area contributed by atoms with E-state index in [9.17, 15) is 14.4 Å². The number of aromatic nitrogens is 2. The second-order valence-electron chi connectivity index (χ2n) is 6.48. The van der Waals surface area contributed by atoms with E-state index < -0.39 is 5.97 Å². The second-order valence-corrected chi connectivity index (χ2v) is 6.48. The quantitative estimate of drug-likeness (QED) is 0.734. The van der Waals surface area contributed by atoms with Crippen LogP contribution in [0, 0.1) is 0 Å². The zero-order valence-electron chi connectivity index (χ0n) is 14.4. The Morgan fingerprint density at radius 1 is 1.15 bits per heavy atom. The molecule has 1 aliphatic rings. The first kappa shape index (κ1) is 17.8. The average Bonchev–Trinajstić information content (AvgIpc) is 2.63. The van der Waals surface area contributed by atoms with Crippen LogP contribution in [0.5, 0.6) is 0 Å². The van der Waals surface area contributed by atoms with E-state index in [1.54, 1.807) is 6.07 Å². The highest BCUT2D eigenvalue weighted by Gasteiger charge is 2.18. The lowest BCUT2D eigenvalue weighted by atomic mass is 9.90. The molecule has 7 heteroatoms. The molecule has 1 aromatic heterocycles. The maximum absolute atomic E-state index is 11.9. The van der Waals surface area contributed by atoms with Crippen molar-refractivity contribution in [3.8, 4) is 0 Å². The number of carboxylic acids is 1. The molecule has 26 heavy (non-hydrogen) atoms. The lowest BCUT2D eigenvalue weighted by Gasteiger charge is -2.17. The lowest BCUT2D eigenvalue weighted by Crippen LogP contribution is -2.23. The number of rotatable bonds is 6. The molecule has 3 N–H and O–H groups in total. The molecule has 7 nitrogen and oxygen atoms in total. The van der Waals surface area contributed by atoms with E-state index in [0.717, 1.165) is 48.1 Å². The van der Waals surface area contributed by atoms with Gasteiger partial charge >= 0.3 is 5.97 Å². The van der Waals surface area contributed by atoms with Crippen LogP contribution in [-0.4, -0.2) is 27.2 Å². The van der Waals surface area contributed by atoms with Gasteiger partial charge in [-0.3, -0.25) is 14.4 Å². The summed E-state index contributed by atoms with van der Waals surface area (Å²) in [5, 5.41) is 18.2. The molecule has 136 valence electrons. The van der Waals surface area contributed by atoms with Crippen molar-refractivity contribution in [3.63, 3.8) is 0 Å². The van der Waals surface area contributed by atoms with Crippen LogP contribution in [0.4, 0.5) is 5.69 Å². The summed E-state index contributed by atoms with van der Waals surface area (Å²) < 4.78 is 0. The Morgan fingerprint density at radius 2 is 1.92 bits per heavy atom. The number of fused-ring (bicyclic) bond motifs is 1. The Labute approximate surface area is 150 Å². The monoisotopic (exact) mass is 355 g/mol. The van der Waals surface area contributed by atoms with Crippen LogP contribution in [0.15, 0.2) is 29.1 Å². The van der Waals surface area contributed by atoms with Gasteiger partial charge in [0, 0.05) is 24.1 Å². The first-order chi connectivity index (χ1) is 12.5. The number of carboxylic acid groups (broad SMARTS) is 1. The summed E-state index contributed by atoms with van der Waals surface area (Å²) in [6.07, 6.45) is 4.06. The number of nitrogens with zero attached hydrogens (tertiary/aromatic N) is 1. The molecule has 0 fully saturated rings. The van der Waals surface area contributed by atoms with Crippen molar-refractivity contribution in [1.29, 1.82) is 0 Å². The molecule has 1 amide bonds.